The van der Waals surface area contributed by atoms with Gasteiger partial charge in [-0.1, -0.05) is 23.7 Å². The van der Waals surface area contributed by atoms with Gasteiger partial charge in [0.2, 0.25) is 0 Å². The van der Waals surface area contributed by atoms with E-state index in [0.29, 0.717) is 57.7 Å². The fourth-order valence-electron chi connectivity index (χ4n) is 4.34. The Labute approximate surface area is 220 Å². The molecule has 4 heterocycles. The third kappa shape index (κ3) is 4.21. The minimum Gasteiger partial charge on any atom is -0.490 e. The molecule has 1 N–H and O–H groups in total. The van der Waals surface area contributed by atoms with Crippen molar-refractivity contribution in [2.45, 2.75) is 13.0 Å². The van der Waals surface area contributed by atoms with Gasteiger partial charge in [-0.15, -0.1) is 10.2 Å². The molecule has 0 spiro atoms. The Morgan fingerprint density at radius 3 is 2.76 bits per heavy atom. The summed E-state index contributed by atoms with van der Waals surface area (Å²) in [6, 6.07) is 13.8. The van der Waals surface area contributed by atoms with Crippen LogP contribution in [0.1, 0.15) is 22.5 Å². The lowest BCUT2D eigenvalue weighted by Crippen LogP contribution is -2.33. The first-order chi connectivity index (χ1) is 18.5. The number of benzene rings is 2. The normalized spacial score (nSPS) is 13.0. The highest BCUT2D eigenvalue weighted by atomic mass is 35.5. The number of carbonyl (C=O) groups excluding carboxylic acids is 1. The second-order valence-electron chi connectivity index (χ2n) is 8.58. The molecule has 1 amide bonds. The van der Waals surface area contributed by atoms with Crippen LogP contribution in [0.2, 0.25) is 5.02 Å². The summed E-state index contributed by atoms with van der Waals surface area (Å²) in [4.78, 5) is 26.2. The van der Waals surface area contributed by atoms with Crippen LogP contribution in [-0.4, -0.2) is 50.7 Å². The molecule has 0 unspecified atom stereocenters. The van der Waals surface area contributed by atoms with E-state index in [9.17, 15) is 9.59 Å². The minimum absolute atomic E-state index is 0.0306. The van der Waals surface area contributed by atoms with Crippen LogP contribution in [0.15, 0.2) is 59.5 Å². The van der Waals surface area contributed by atoms with Crippen molar-refractivity contribution in [3.05, 3.63) is 81.4 Å². The van der Waals surface area contributed by atoms with Gasteiger partial charge in [0, 0.05) is 30.3 Å². The number of ether oxygens (including phenoxy) is 3. The molecule has 0 saturated heterocycles. The van der Waals surface area contributed by atoms with Crippen LogP contribution in [0.3, 0.4) is 0 Å². The van der Waals surface area contributed by atoms with Crippen molar-refractivity contribution >= 4 is 34.2 Å². The number of aromatic nitrogens is 5. The molecule has 0 fully saturated rings. The molecule has 192 valence electrons. The van der Waals surface area contributed by atoms with Gasteiger partial charge in [-0.25, -0.2) is 9.19 Å². The Bertz CT molecular complexity index is 1770. The van der Waals surface area contributed by atoms with Crippen LogP contribution in [0.5, 0.6) is 11.5 Å². The fourth-order valence-corrected chi connectivity index (χ4v) is 4.53. The monoisotopic (exact) mass is 532 g/mol. The first kappa shape index (κ1) is 23.9. The van der Waals surface area contributed by atoms with Crippen LogP contribution in [-0.2, 0) is 11.3 Å². The fraction of sp³-hybridized carbons (Fsp3) is 0.192. The number of fused-ring (bicyclic) bond motifs is 4. The molecule has 5 aromatic rings. The SMILES string of the molecule is COCc1nn2c(nnc3c(=O)n(NC(=O)c4ccc5c(c4)OCCCO5)ccc32)c1-c1cccc(Cl)c1. The maximum atomic E-state index is 13.3. The second kappa shape index (κ2) is 9.77. The van der Waals surface area contributed by atoms with Gasteiger partial charge >= 0.3 is 0 Å². The number of halogens is 1. The van der Waals surface area contributed by atoms with Gasteiger partial charge in [-0.3, -0.25) is 15.0 Å². The van der Waals surface area contributed by atoms with Gasteiger partial charge in [0.15, 0.2) is 22.7 Å². The largest absolute Gasteiger partial charge is 0.490 e. The Kier molecular flexibility index (Phi) is 6.14. The second-order valence-corrected chi connectivity index (χ2v) is 9.01. The molecule has 1 aliphatic rings. The molecule has 12 heteroatoms. The van der Waals surface area contributed by atoms with E-state index in [0.717, 1.165) is 16.7 Å². The molecule has 3 aromatic heterocycles. The van der Waals surface area contributed by atoms with Gasteiger partial charge in [0.05, 0.1) is 31.1 Å². The molecule has 0 radical (unpaired) electrons. The Morgan fingerprint density at radius 2 is 1.95 bits per heavy atom. The van der Waals surface area contributed by atoms with Crippen molar-refractivity contribution in [1.82, 2.24) is 24.5 Å². The Morgan fingerprint density at radius 1 is 1.11 bits per heavy atom. The summed E-state index contributed by atoms with van der Waals surface area (Å²) in [6.45, 7) is 1.26. The van der Waals surface area contributed by atoms with Gasteiger partial charge < -0.3 is 14.2 Å². The van der Waals surface area contributed by atoms with Gasteiger partial charge in [-0.05, 0) is 42.0 Å². The zero-order valence-electron chi connectivity index (χ0n) is 20.2. The summed E-state index contributed by atoms with van der Waals surface area (Å²) in [7, 11) is 1.57. The van der Waals surface area contributed by atoms with Gasteiger partial charge in [0.25, 0.3) is 11.5 Å². The highest BCUT2D eigenvalue weighted by Crippen LogP contribution is 2.31. The molecule has 0 atom stereocenters. The van der Waals surface area contributed by atoms with E-state index in [1.54, 1.807) is 48.0 Å². The van der Waals surface area contributed by atoms with E-state index >= 15 is 0 Å². The number of rotatable bonds is 5. The van der Waals surface area contributed by atoms with E-state index in [1.807, 2.05) is 12.1 Å². The molecule has 2 aromatic carbocycles. The van der Waals surface area contributed by atoms with E-state index in [2.05, 4.69) is 20.7 Å². The van der Waals surface area contributed by atoms with Gasteiger partial charge in [0.1, 0.15) is 5.52 Å². The summed E-state index contributed by atoms with van der Waals surface area (Å²) in [5, 5.41) is 13.7. The van der Waals surface area contributed by atoms with Crippen molar-refractivity contribution < 1.29 is 19.0 Å². The number of pyridine rings is 1. The molecule has 11 nitrogen and oxygen atoms in total. The molecular weight excluding hydrogens is 512 g/mol. The summed E-state index contributed by atoms with van der Waals surface area (Å²) in [5.41, 5.74) is 5.35. The zero-order valence-corrected chi connectivity index (χ0v) is 20.9. The zero-order chi connectivity index (χ0) is 26.2. The number of methoxy groups -OCH3 is 1. The lowest BCUT2D eigenvalue weighted by Gasteiger charge is -2.11. The number of hydrogen-bond acceptors (Lipinski definition) is 8. The van der Waals surface area contributed by atoms with E-state index < -0.39 is 11.5 Å². The third-order valence-electron chi connectivity index (χ3n) is 6.08. The topological polar surface area (TPSA) is 122 Å². The van der Waals surface area contributed by atoms with Crippen LogP contribution in [0.25, 0.3) is 27.8 Å². The predicted molar refractivity (Wildman–Crippen MR) is 139 cm³/mol. The molecule has 0 saturated carbocycles. The lowest BCUT2D eigenvalue weighted by molar-refractivity contribution is 0.101. The number of carbonyl (C=O) groups is 1. The third-order valence-corrected chi connectivity index (χ3v) is 6.31. The molecule has 6 rings (SSSR count). The summed E-state index contributed by atoms with van der Waals surface area (Å²) >= 11 is 6.22. The summed E-state index contributed by atoms with van der Waals surface area (Å²) in [5.74, 6) is 0.557. The van der Waals surface area contributed by atoms with Crippen LogP contribution in [0.4, 0.5) is 0 Å². The van der Waals surface area contributed by atoms with Crippen molar-refractivity contribution in [3.8, 4) is 22.6 Å². The average Bonchev–Trinajstić information content (AvgIpc) is 3.12. The van der Waals surface area contributed by atoms with Crippen molar-refractivity contribution in [1.29, 1.82) is 0 Å². The number of hydrogen-bond donors (Lipinski definition) is 1. The lowest BCUT2D eigenvalue weighted by atomic mass is 10.1. The summed E-state index contributed by atoms with van der Waals surface area (Å²) in [6.07, 6.45) is 2.20. The smallest absolute Gasteiger partial charge is 0.299 e. The summed E-state index contributed by atoms with van der Waals surface area (Å²) < 4.78 is 19.2. The quantitative estimate of drug-likeness (QED) is 0.365. The van der Waals surface area contributed by atoms with Crippen LogP contribution < -0.4 is 20.5 Å². The highest BCUT2D eigenvalue weighted by molar-refractivity contribution is 6.30. The van der Waals surface area contributed by atoms with Crippen molar-refractivity contribution in [2.75, 3.05) is 25.7 Å². The highest BCUT2D eigenvalue weighted by Gasteiger charge is 2.21. The van der Waals surface area contributed by atoms with Crippen molar-refractivity contribution in [2.24, 2.45) is 0 Å². The minimum atomic E-state index is -0.562. The van der Waals surface area contributed by atoms with Crippen molar-refractivity contribution in [3.63, 3.8) is 0 Å². The van der Waals surface area contributed by atoms with Gasteiger partial charge in [-0.2, -0.15) is 5.10 Å². The van der Waals surface area contributed by atoms with Crippen LogP contribution >= 0.6 is 11.6 Å². The maximum Gasteiger partial charge on any atom is 0.299 e. The molecular formula is C26H21ClN6O5. The van der Waals surface area contributed by atoms with E-state index in [4.69, 9.17) is 25.8 Å². The average molecular weight is 533 g/mol. The van der Waals surface area contributed by atoms with E-state index in [1.165, 1.54) is 6.20 Å². The number of nitrogens with one attached hydrogen (secondary N) is 1. The standard InChI is InChI=1S/C26H21ClN6O5/c1-36-14-18-22(15-4-2-5-17(27)12-15)24-29-28-23-19(33(24)30-18)8-9-32(26(23)35)31-25(34)16-6-7-20-21(13-16)38-11-3-10-37-20/h2,4-9,12-13H,3,10-11,14H2,1H3,(H,31,34). The number of amides is 1. The molecule has 0 bridgehead atoms. The number of nitrogens with zero attached hydrogens (tertiary/aromatic N) is 5. The predicted octanol–water partition coefficient (Wildman–Crippen LogP) is 3.45. The van der Waals surface area contributed by atoms with Crippen LogP contribution in [0, 0.1) is 0 Å². The molecule has 38 heavy (non-hydrogen) atoms. The first-order valence-corrected chi connectivity index (χ1v) is 12.2. The van der Waals surface area contributed by atoms with E-state index in [-0.39, 0.29) is 12.1 Å². The first-order valence-electron chi connectivity index (χ1n) is 11.8. The Balaban J connectivity index is 1.39. The molecule has 1 aliphatic heterocycles. The maximum absolute atomic E-state index is 13.3. The Hall–Kier alpha value is -4.48. The molecule has 0 aliphatic carbocycles.